The van der Waals surface area contributed by atoms with Crippen LogP contribution in [0.25, 0.3) is 11.3 Å². The lowest BCUT2D eigenvalue weighted by atomic mass is 10.1. The van der Waals surface area contributed by atoms with Crippen molar-refractivity contribution in [1.29, 1.82) is 5.26 Å². The van der Waals surface area contributed by atoms with E-state index in [1.807, 2.05) is 31.2 Å². The molecule has 0 amide bonds. The Bertz CT molecular complexity index is 744. The molecule has 5 heteroatoms. The van der Waals surface area contributed by atoms with Crippen molar-refractivity contribution >= 4 is 28.7 Å². The molecule has 0 aliphatic carbocycles. The summed E-state index contributed by atoms with van der Waals surface area (Å²) < 4.78 is 0.590. The van der Waals surface area contributed by atoms with Crippen molar-refractivity contribution in [2.24, 2.45) is 0 Å². The van der Waals surface area contributed by atoms with Gasteiger partial charge in [-0.1, -0.05) is 67.1 Å². The third-order valence-electron chi connectivity index (χ3n) is 3.30. The first kappa shape index (κ1) is 16.6. The van der Waals surface area contributed by atoms with Crippen molar-refractivity contribution in [3.8, 4) is 17.3 Å². The van der Waals surface area contributed by atoms with E-state index in [9.17, 15) is 5.26 Å². The smallest absolute Gasteiger partial charge is 0.184 e. The fraction of sp³-hybridized carbons (Fsp3) is 0.353. The number of aromatic nitrogens is 1. The Labute approximate surface area is 140 Å². The number of nitrogens with one attached hydrogen (secondary N) is 1. The highest BCUT2D eigenvalue weighted by Crippen LogP contribution is 2.28. The normalized spacial score (nSPS) is 10.2. The van der Waals surface area contributed by atoms with Crippen LogP contribution in [-0.2, 0) is 0 Å². The summed E-state index contributed by atoms with van der Waals surface area (Å²) in [4.78, 5) is 4.63. The molecule has 0 spiro atoms. The molecule has 0 saturated carbocycles. The minimum absolute atomic E-state index is 0.490. The minimum Gasteiger partial charge on any atom is -0.361 e. The summed E-state index contributed by atoms with van der Waals surface area (Å²) in [5.74, 6) is 0. The average Bonchev–Trinajstić information content (AvgIpc) is 2.51. The number of nitrogens with zero attached hydrogens (tertiary/aromatic N) is 2. The Morgan fingerprint density at radius 1 is 1.36 bits per heavy atom. The first-order chi connectivity index (χ1) is 10.7. The van der Waals surface area contributed by atoms with Crippen LogP contribution in [0.2, 0.25) is 0 Å². The Kier molecular flexibility index (Phi) is 6.05. The number of hydrogen-bond acceptors (Lipinski definition) is 5. The molecule has 114 valence electrons. The molecular formula is C17H19N3S2. The highest BCUT2D eigenvalue weighted by atomic mass is 32.1. The summed E-state index contributed by atoms with van der Waals surface area (Å²) in [6.07, 6.45) is 3.49. The van der Waals surface area contributed by atoms with Gasteiger partial charge in [-0.25, -0.2) is 4.98 Å². The zero-order valence-corrected chi connectivity index (χ0v) is 14.5. The van der Waals surface area contributed by atoms with E-state index < -0.39 is 0 Å². The molecule has 1 aromatic carbocycles. The molecule has 0 saturated heterocycles. The number of rotatable bonds is 6. The highest BCUT2D eigenvalue weighted by molar-refractivity contribution is 7.73. The van der Waals surface area contributed by atoms with E-state index in [1.54, 1.807) is 0 Å². The molecule has 22 heavy (non-hydrogen) atoms. The number of unbranched alkanes of at least 4 members (excludes halogenated alkanes) is 2. The second-order valence-corrected chi connectivity index (χ2v) is 6.81. The summed E-state index contributed by atoms with van der Waals surface area (Å²) in [6, 6.07) is 10.2. The maximum Gasteiger partial charge on any atom is 0.184 e. The molecular weight excluding hydrogens is 310 g/mol. The van der Waals surface area contributed by atoms with Gasteiger partial charge in [0.25, 0.3) is 0 Å². The quantitative estimate of drug-likeness (QED) is 0.575. The summed E-state index contributed by atoms with van der Waals surface area (Å²) in [7, 11) is 0. The molecule has 0 atom stereocenters. The van der Waals surface area contributed by atoms with E-state index in [2.05, 4.69) is 23.3 Å². The lowest BCUT2D eigenvalue weighted by Crippen LogP contribution is -2.03. The Balaban J connectivity index is 2.37. The summed E-state index contributed by atoms with van der Waals surface area (Å²) in [6.45, 7) is 5.09. The molecule has 1 heterocycles. The number of nitriles is 1. The van der Waals surface area contributed by atoms with Gasteiger partial charge in [-0.3, -0.25) is 0 Å². The summed E-state index contributed by atoms with van der Waals surface area (Å²) >= 11 is 6.75. The van der Waals surface area contributed by atoms with Gasteiger partial charge >= 0.3 is 0 Å². The van der Waals surface area contributed by atoms with E-state index in [4.69, 9.17) is 12.2 Å². The number of benzene rings is 1. The molecule has 0 unspecified atom stereocenters. The van der Waals surface area contributed by atoms with Crippen LogP contribution >= 0.6 is 23.6 Å². The largest absolute Gasteiger partial charge is 0.361 e. The fourth-order valence-electron chi connectivity index (χ4n) is 2.16. The molecule has 0 radical (unpaired) electrons. The van der Waals surface area contributed by atoms with E-state index in [0.29, 0.717) is 15.1 Å². The van der Waals surface area contributed by atoms with Crippen molar-refractivity contribution in [2.45, 2.75) is 33.1 Å². The molecule has 3 nitrogen and oxygen atoms in total. The monoisotopic (exact) mass is 329 g/mol. The van der Waals surface area contributed by atoms with Gasteiger partial charge in [0.2, 0.25) is 0 Å². The second kappa shape index (κ2) is 8.02. The van der Waals surface area contributed by atoms with Crippen LogP contribution in [0.5, 0.6) is 0 Å². The van der Waals surface area contributed by atoms with Gasteiger partial charge in [-0.2, -0.15) is 5.26 Å². The maximum atomic E-state index is 9.40. The Morgan fingerprint density at radius 2 is 2.18 bits per heavy atom. The van der Waals surface area contributed by atoms with Gasteiger partial charge in [0.1, 0.15) is 15.5 Å². The zero-order chi connectivity index (χ0) is 15.9. The van der Waals surface area contributed by atoms with E-state index in [-0.39, 0.29) is 0 Å². The van der Waals surface area contributed by atoms with Crippen LogP contribution in [0, 0.1) is 22.1 Å². The predicted molar refractivity (Wildman–Crippen MR) is 95.9 cm³/mol. The fourth-order valence-corrected chi connectivity index (χ4v) is 3.27. The third kappa shape index (κ3) is 4.12. The van der Waals surface area contributed by atoms with Gasteiger partial charge in [0.15, 0.2) is 5.13 Å². The van der Waals surface area contributed by atoms with Crippen molar-refractivity contribution < 1.29 is 0 Å². The molecule has 1 aromatic heterocycles. The first-order valence-corrected chi connectivity index (χ1v) is 8.64. The van der Waals surface area contributed by atoms with Gasteiger partial charge in [0.05, 0.1) is 5.69 Å². The van der Waals surface area contributed by atoms with Gasteiger partial charge < -0.3 is 5.32 Å². The zero-order valence-electron chi connectivity index (χ0n) is 12.8. The van der Waals surface area contributed by atoms with Crippen LogP contribution in [-0.4, -0.2) is 11.5 Å². The molecule has 0 aliphatic heterocycles. The van der Waals surface area contributed by atoms with Crippen LogP contribution in [0.3, 0.4) is 0 Å². The number of anilines is 1. The van der Waals surface area contributed by atoms with Crippen LogP contribution in [0.15, 0.2) is 24.3 Å². The van der Waals surface area contributed by atoms with Gasteiger partial charge in [-0.05, 0) is 19.4 Å². The molecule has 2 rings (SSSR count). The standard InChI is InChI=1S/C17H19N3S2/c1-3-4-5-9-19-17-20-15(14(11-18)16(21)22-17)13-8-6-7-12(2)10-13/h6-8,10H,3-5,9H2,1-2H3,(H,19,20). The van der Waals surface area contributed by atoms with E-state index >= 15 is 0 Å². The Morgan fingerprint density at radius 3 is 2.86 bits per heavy atom. The van der Waals surface area contributed by atoms with Gasteiger partial charge in [0, 0.05) is 12.1 Å². The van der Waals surface area contributed by atoms with Crippen molar-refractivity contribution in [3.05, 3.63) is 39.2 Å². The van der Waals surface area contributed by atoms with Crippen LogP contribution in [0.1, 0.15) is 37.3 Å². The number of aryl methyl sites for hydroxylation is 1. The van der Waals surface area contributed by atoms with Crippen LogP contribution in [0.4, 0.5) is 5.13 Å². The number of hydrogen-bond donors (Lipinski definition) is 1. The molecule has 1 N–H and O–H groups in total. The lowest BCUT2D eigenvalue weighted by Gasteiger charge is -2.09. The maximum absolute atomic E-state index is 9.40. The summed E-state index contributed by atoms with van der Waals surface area (Å²) in [5, 5.41) is 13.5. The summed E-state index contributed by atoms with van der Waals surface area (Å²) in [5.41, 5.74) is 3.24. The van der Waals surface area contributed by atoms with E-state index in [1.165, 1.54) is 24.2 Å². The SMILES string of the molecule is CCCCCNc1nc(-c2cccc(C)c2)c(C#N)c(=S)s1. The molecule has 0 fully saturated rings. The highest BCUT2D eigenvalue weighted by Gasteiger charge is 2.11. The van der Waals surface area contributed by atoms with Crippen molar-refractivity contribution in [3.63, 3.8) is 0 Å². The first-order valence-electron chi connectivity index (χ1n) is 7.42. The second-order valence-electron chi connectivity index (χ2n) is 5.15. The molecule has 0 aliphatic rings. The molecule has 0 bridgehead atoms. The average molecular weight is 329 g/mol. The van der Waals surface area contributed by atoms with Crippen LogP contribution < -0.4 is 5.32 Å². The van der Waals surface area contributed by atoms with Gasteiger partial charge in [-0.15, -0.1) is 0 Å². The lowest BCUT2D eigenvalue weighted by molar-refractivity contribution is 0.743. The minimum atomic E-state index is 0.490. The predicted octanol–water partition coefficient (Wildman–Crippen LogP) is 5.32. The van der Waals surface area contributed by atoms with Crippen molar-refractivity contribution in [2.75, 3.05) is 11.9 Å². The van der Waals surface area contributed by atoms with E-state index in [0.717, 1.165) is 29.2 Å². The molecule has 2 aromatic rings. The van der Waals surface area contributed by atoms with Crippen molar-refractivity contribution in [1.82, 2.24) is 4.98 Å². The Hall–Kier alpha value is -1.77. The topological polar surface area (TPSA) is 48.7 Å². The third-order valence-corrected chi connectivity index (χ3v) is 4.58.